The van der Waals surface area contributed by atoms with Crippen molar-refractivity contribution in [2.45, 2.75) is 39.4 Å². The number of hydrogen-bond acceptors (Lipinski definition) is 4. The van der Waals surface area contributed by atoms with E-state index in [1.54, 1.807) is 38.1 Å². The molecule has 0 aromatic heterocycles. The summed E-state index contributed by atoms with van der Waals surface area (Å²) >= 11 is 3.36. The molecule has 180 valence electrons. The summed E-state index contributed by atoms with van der Waals surface area (Å²) in [6.07, 6.45) is 0.856. The van der Waals surface area contributed by atoms with Crippen molar-refractivity contribution in [2.24, 2.45) is 0 Å². The van der Waals surface area contributed by atoms with Crippen molar-refractivity contribution in [3.63, 3.8) is 0 Å². The van der Waals surface area contributed by atoms with Gasteiger partial charge < -0.3 is 10.2 Å². The first-order valence-electron chi connectivity index (χ1n) is 10.1. The van der Waals surface area contributed by atoms with Crippen LogP contribution in [0.4, 0.5) is 14.5 Å². The zero-order valence-electron chi connectivity index (χ0n) is 18.7. The van der Waals surface area contributed by atoms with Crippen LogP contribution < -0.4 is 9.62 Å². The highest BCUT2D eigenvalue weighted by atomic mass is 79.9. The van der Waals surface area contributed by atoms with Gasteiger partial charge in [0.25, 0.3) is 0 Å². The molecular weight excluding hydrogens is 520 g/mol. The van der Waals surface area contributed by atoms with Gasteiger partial charge in [0.2, 0.25) is 21.8 Å². The predicted molar refractivity (Wildman–Crippen MR) is 126 cm³/mol. The number of carbonyl (C=O) groups excluding carboxylic acids is 2. The topological polar surface area (TPSA) is 86.8 Å². The Balaban J connectivity index is 2.41. The van der Waals surface area contributed by atoms with Gasteiger partial charge in [0.1, 0.15) is 12.6 Å². The van der Waals surface area contributed by atoms with Gasteiger partial charge in [0.15, 0.2) is 11.6 Å². The molecule has 1 atom stereocenters. The molecule has 0 aliphatic carbocycles. The molecule has 0 radical (unpaired) electrons. The average Bonchev–Trinajstić information content (AvgIpc) is 2.70. The molecule has 33 heavy (non-hydrogen) atoms. The van der Waals surface area contributed by atoms with Crippen LogP contribution in [0.2, 0.25) is 0 Å². The Morgan fingerprint density at radius 2 is 1.73 bits per heavy atom. The number of nitrogens with one attached hydrogen (secondary N) is 1. The lowest BCUT2D eigenvalue weighted by Crippen LogP contribution is -2.52. The lowest BCUT2D eigenvalue weighted by molar-refractivity contribution is -0.139. The third-order valence-corrected chi connectivity index (χ3v) is 6.34. The van der Waals surface area contributed by atoms with Crippen LogP contribution in [0.3, 0.4) is 0 Å². The van der Waals surface area contributed by atoms with Crippen molar-refractivity contribution < 1.29 is 26.8 Å². The molecule has 0 heterocycles. The third kappa shape index (κ3) is 7.50. The standard InChI is InChI=1S/C22H26BrF2N3O4S/c1-14(2)26-22(30)15(3)27(12-16-6-5-7-17(23)10-16)21(29)13-28(33(4,31)32)18-8-9-19(24)20(25)11-18/h5-11,14-15H,12-13H2,1-4H3,(H,26,30)/t15-/m1/s1. The Hall–Kier alpha value is -2.53. The van der Waals surface area contributed by atoms with Crippen molar-refractivity contribution in [3.8, 4) is 0 Å². The number of sulfonamides is 1. The molecule has 0 saturated carbocycles. The van der Waals surface area contributed by atoms with Gasteiger partial charge in [-0.05, 0) is 50.6 Å². The summed E-state index contributed by atoms with van der Waals surface area (Å²) in [5.74, 6) is -3.48. The summed E-state index contributed by atoms with van der Waals surface area (Å²) in [5.41, 5.74) is 0.507. The normalized spacial score (nSPS) is 12.4. The minimum atomic E-state index is -4.03. The molecule has 11 heteroatoms. The van der Waals surface area contributed by atoms with Crippen LogP contribution in [-0.2, 0) is 26.2 Å². The zero-order chi connectivity index (χ0) is 24.9. The van der Waals surface area contributed by atoms with Crippen LogP contribution in [0.5, 0.6) is 0 Å². The van der Waals surface area contributed by atoms with E-state index < -0.39 is 46.1 Å². The third-order valence-electron chi connectivity index (χ3n) is 4.71. The van der Waals surface area contributed by atoms with E-state index in [0.29, 0.717) is 15.9 Å². The van der Waals surface area contributed by atoms with E-state index in [9.17, 15) is 26.8 Å². The number of halogens is 3. The van der Waals surface area contributed by atoms with E-state index in [1.807, 2.05) is 0 Å². The molecule has 0 aliphatic rings. The van der Waals surface area contributed by atoms with E-state index in [1.165, 1.54) is 11.8 Å². The molecule has 0 aliphatic heterocycles. The van der Waals surface area contributed by atoms with Crippen molar-refractivity contribution in [2.75, 3.05) is 17.1 Å². The first kappa shape index (κ1) is 26.7. The van der Waals surface area contributed by atoms with Gasteiger partial charge in [-0.2, -0.15) is 0 Å². The maximum absolute atomic E-state index is 13.8. The van der Waals surface area contributed by atoms with Crippen LogP contribution in [-0.4, -0.2) is 50.0 Å². The Bertz CT molecular complexity index is 1130. The number of carbonyl (C=O) groups is 2. The fourth-order valence-corrected chi connectivity index (χ4v) is 4.36. The van der Waals surface area contributed by atoms with Crippen LogP contribution in [0.15, 0.2) is 46.9 Å². The number of amides is 2. The first-order chi connectivity index (χ1) is 15.3. The number of nitrogens with zero attached hydrogens (tertiary/aromatic N) is 2. The Morgan fingerprint density at radius 1 is 1.06 bits per heavy atom. The maximum atomic E-state index is 13.8. The first-order valence-corrected chi connectivity index (χ1v) is 12.7. The average molecular weight is 546 g/mol. The van der Waals surface area contributed by atoms with E-state index in [4.69, 9.17) is 0 Å². The summed E-state index contributed by atoms with van der Waals surface area (Å²) in [6.45, 7) is 4.42. The minimum Gasteiger partial charge on any atom is -0.352 e. The summed E-state index contributed by atoms with van der Waals surface area (Å²) in [4.78, 5) is 27.2. The smallest absolute Gasteiger partial charge is 0.244 e. The largest absolute Gasteiger partial charge is 0.352 e. The number of benzene rings is 2. The summed E-state index contributed by atoms with van der Waals surface area (Å²) in [5, 5.41) is 2.74. The van der Waals surface area contributed by atoms with Gasteiger partial charge in [0, 0.05) is 23.1 Å². The molecule has 2 aromatic rings. The van der Waals surface area contributed by atoms with Crippen molar-refractivity contribution >= 4 is 43.5 Å². The molecule has 7 nitrogen and oxygen atoms in total. The van der Waals surface area contributed by atoms with Gasteiger partial charge in [0.05, 0.1) is 11.9 Å². The monoisotopic (exact) mass is 545 g/mol. The SMILES string of the molecule is CC(C)NC(=O)[C@@H](C)N(Cc1cccc(Br)c1)C(=O)CN(c1ccc(F)c(F)c1)S(C)(=O)=O. The molecular formula is C22H26BrF2N3O4S. The van der Waals surface area contributed by atoms with E-state index in [0.717, 1.165) is 22.9 Å². The molecule has 0 spiro atoms. The van der Waals surface area contributed by atoms with Gasteiger partial charge in [-0.1, -0.05) is 28.1 Å². The second kappa shape index (κ2) is 11.1. The summed E-state index contributed by atoms with van der Waals surface area (Å²) in [6, 6.07) is 8.58. The minimum absolute atomic E-state index is 0.0281. The van der Waals surface area contributed by atoms with E-state index in [-0.39, 0.29) is 18.3 Å². The van der Waals surface area contributed by atoms with Gasteiger partial charge >= 0.3 is 0 Å². The number of rotatable bonds is 9. The molecule has 0 fully saturated rings. The quantitative estimate of drug-likeness (QED) is 0.523. The molecule has 0 bridgehead atoms. The highest BCUT2D eigenvalue weighted by Crippen LogP contribution is 2.22. The van der Waals surface area contributed by atoms with Crippen LogP contribution >= 0.6 is 15.9 Å². The fraction of sp³-hybridized carbons (Fsp3) is 0.364. The molecule has 0 unspecified atom stereocenters. The fourth-order valence-electron chi connectivity index (χ4n) is 3.07. The second-order valence-electron chi connectivity index (χ2n) is 7.86. The van der Waals surface area contributed by atoms with Crippen LogP contribution in [0, 0.1) is 11.6 Å². The highest BCUT2D eigenvalue weighted by molar-refractivity contribution is 9.10. The predicted octanol–water partition coefficient (Wildman–Crippen LogP) is 3.44. The molecule has 2 amide bonds. The molecule has 2 rings (SSSR count). The van der Waals surface area contributed by atoms with Gasteiger partial charge in [-0.15, -0.1) is 0 Å². The maximum Gasteiger partial charge on any atom is 0.244 e. The lowest BCUT2D eigenvalue weighted by atomic mass is 10.1. The van der Waals surface area contributed by atoms with Crippen molar-refractivity contribution in [1.82, 2.24) is 10.2 Å². The van der Waals surface area contributed by atoms with Gasteiger partial charge in [-0.25, -0.2) is 17.2 Å². The second-order valence-corrected chi connectivity index (χ2v) is 10.7. The molecule has 1 N–H and O–H groups in total. The van der Waals surface area contributed by atoms with Crippen molar-refractivity contribution in [3.05, 3.63) is 64.1 Å². The number of anilines is 1. The molecule has 0 saturated heterocycles. The van der Waals surface area contributed by atoms with Crippen LogP contribution in [0.1, 0.15) is 26.3 Å². The van der Waals surface area contributed by atoms with Crippen molar-refractivity contribution in [1.29, 1.82) is 0 Å². The van der Waals surface area contributed by atoms with E-state index in [2.05, 4.69) is 21.2 Å². The lowest BCUT2D eigenvalue weighted by Gasteiger charge is -2.32. The Morgan fingerprint density at radius 3 is 2.27 bits per heavy atom. The zero-order valence-corrected chi connectivity index (χ0v) is 21.1. The summed E-state index contributed by atoms with van der Waals surface area (Å²) in [7, 11) is -4.03. The summed E-state index contributed by atoms with van der Waals surface area (Å²) < 4.78 is 53.3. The highest BCUT2D eigenvalue weighted by Gasteiger charge is 2.30. The Kier molecular flexibility index (Phi) is 8.96. The van der Waals surface area contributed by atoms with Gasteiger partial charge in [-0.3, -0.25) is 13.9 Å². The Labute approximate surface area is 200 Å². The van der Waals surface area contributed by atoms with E-state index >= 15 is 0 Å². The van der Waals surface area contributed by atoms with Crippen LogP contribution in [0.25, 0.3) is 0 Å². The molecule has 2 aromatic carbocycles. The number of hydrogen-bond donors (Lipinski definition) is 1.